The molecule has 0 bridgehead atoms. The summed E-state index contributed by atoms with van der Waals surface area (Å²) in [6.07, 6.45) is 1.16. The highest BCUT2D eigenvalue weighted by Crippen LogP contribution is 2.10. The van der Waals surface area contributed by atoms with Crippen LogP contribution in [0, 0.1) is 0 Å². The number of alkyl halides is 1. The highest BCUT2D eigenvalue weighted by molar-refractivity contribution is 6.29. The van der Waals surface area contributed by atoms with Crippen molar-refractivity contribution in [3.05, 3.63) is 0 Å². The molecule has 5 heteroatoms. The van der Waals surface area contributed by atoms with Gasteiger partial charge in [0, 0.05) is 38.8 Å². The molecule has 1 saturated heterocycles. The van der Waals surface area contributed by atoms with Crippen molar-refractivity contribution in [2.45, 2.75) is 31.7 Å². The van der Waals surface area contributed by atoms with Crippen LogP contribution in [0.25, 0.3) is 0 Å². The lowest BCUT2D eigenvalue weighted by Crippen LogP contribution is -2.51. The summed E-state index contributed by atoms with van der Waals surface area (Å²) in [6, 6.07) is 0.619. The van der Waals surface area contributed by atoms with E-state index in [0.717, 1.165) is 32.6 Å². The van der Waals surface area contributed by atoms with Crippen LogP contribution >= 0.6 is 11.6 Å². The number of aliphatic carboxylic acids is 1. The molecule has 0 aromatic heterocycles. The van der Waals surface area contributed by atoms with Gasteiger partial charge in [-0.05, 0) is 13.3 Å². The lowest BCUT2D eigenvalue weighted by atomic mass is 10.2. The number of carbonyl (C=O) groups is 1. The van der Waals surface area contributed by atoms with Crippen molar-refractivity contribution in [3.8, 4) is 0 Å². The SMILES string of the molecule is CCC(C)N1CCN(CC(Cl)C(=O)O)CC1. The first-order valence-corrected chi connectivity index (χ1v) is 6.31. The van der Waals surface area contributed by atoms with Gasteiger partial charge in [0.1, 0.15) is 5.38 Å². The van der Waals surface area contributed by atoms with Gasteiger partial charge in [-0.15, -0.1) is 11.6 Å². The molecule has 2 unspecified atom stereocenters. The highest BCUT2D eigenvalue weighted by atomic mass is 35.5. The second-order valence-electron chi connectivity index (χ2n) is 4.40. The quantitative estimate of drug-likeness (QED) is 0.740. The van der Waals surface area contributed by atoms with E-state index in [1.54, 1.807) is 0 Å². The Labute approximate surface area is 102 Å². The van der Waals surface area contributed by atoms with Gasteiger partial charge in [0.2, 0.25) is 0 Å². The fourth-order valence-corrected chi connectivity index (χ4v) is 2.14. The van der Waals surface area contributed by atoms with Gasteiger partial charge in [0.15, 0.2) is 0 Å². The molecule has 1 N–H and O–H groups in total. The molecule has 4 nitrogen and oxygen atoms in total. The van der Waals surface area contributed by atoms with Gasteiger partial charge in [0.25, 0.3) is 0 Å². The maximum Gasteiger partial charge on any atom is 0.322 e. The van der Waals surface area contributed by atoms with Gasteiger partial charge in [0.05, 0.1) is 0 Å². The first-order valence-electron chi connectivity index (χ1n) is 5.87. The molecule has 1 fully saturated rings. The predicted molar refractivity (Wildman–Crippen MR) is 65.0 cm³/mol. The van der Waals surface area contributed by atoms with E-state index in [0.29, 0.717) is 12.6 Å². The Bertz CT molecular complexity index is 230. The fourth-order valence-electron chi connectivity index (χ4n) is 1.95. The Kier molecular flexibility index (Phi) is 5.52. The van der Waals surface area contributed by atoms with Gasteiger partial charge >= 0.3 is 5.97 Å². The van der Waals surface area contributed by atoms with Crippen LogP contribution in [0.2, 0.25) is 0 Å². The molecule has 0 radical (unpaired) electrons. The van der Waals surface area contributed by atoms with Gasteiger partial charge in [-0.3, -0.25) is 14.6 Å². The minimum absolute atomic E-state index is 0.450. The summed E-state index contributed by atoms with van der Waals surface area (Å²) in [7, 11) is 0. The largest absolute Gasteiger partial charge is 0.480 e. The van der Waals surface area contributed by atoms with Crippen LogP contribution in [0.5, 0.6) is 0 Å². The van der Waals surface area contributed by atoms with Gasteiger partial charge in [-0.2, -0.15) is 0 Å². The van der Waals surface area contributed by atoms with Gasteiger partial charge in [-0.1, -0.05) is 6.92 Å². The standard InChI is InChI=1S/C11H21ClN2O2/c1-3-9(2)14-6-4-13(5-7-14)8-10(12)11(15)16/h9-10H,3-8H2,1-2H3,(H,15,16). The lowest BCUT2D eigenvalue weighted by Gasteiger charge is -2.38. The maximum absolute atomic E-state index is 10.6. The second kappa shape index (κ2) is 6.42. The van der Waals surface area contributed by atoms with Crippen molar-refractivity contribution in [1.29, 1.82) is 0 Å². The molecule has 0 amide bonds. The molecular formula is C11H21ClN2O2. The molecule has 16 heavy (non-hydrogen) atoms. The summed E-state index contributed by atoms with van der Waals surface area (Å²) >= 11 is 5.72. The van der Waals surface area contributed by atoms with E-state index in [9.17, 15) is 4.79 Å². The van der Waals surface area contributed by atoms with Crippen LogP contribution in [-0.2, 0) is 4.79 Å². The maximum atomic E-state index is 10.6. The minimum Gasteiger partial charge on any atom is -0.480 e. The molecule has 1 rings (SSSR count). The highest BCUT2D eigenvalue weighted by Gasteiger charge is 2.23. The van der Waals surface area contributed by atoms with Crippen molar-refractivity contribution < 1.29 is 9.90 Å². The zero-order chi connectivity index (χ0) is 12.1. The Morgan fingerprint density at radius 1 is 1.38 bits per heavy atom. The van der Waals surface area contributed by atoms with E-state index in [-0.39, 0.29) is 0 Å². The Morgan fingerprint density at radius 2 is 1.94 bits per heavy atom. The summed E-state index contributed by atoms with van der Waals surface area (Å²) in [5.74, 6) is -0.925. The topological polar surface area (TPSA) is 43.8 Å². The first-order chi connectivity index (χ1) is 7.54. The van der Waals surface area contributed by atoms with Crippen molar-refractivity contribution in [2.24, 2.45) is 0 Å². The molecule has 0 spiro atoms. The van der Waals surface area contributed by atoms with E-state index in [1.165, 1.54) is 0 Å². The Balaban J connectivity index is 2.29. The third kappa shape index (κ3) is 3.92. The first kappa shape index (κ1) is 13.7. The average molecular weight is 249 g/mol. The number of piperazine rings is 1. The molecule has 0 aromatic carbocycles. The molecule has 0 saturated carbocycles. The molecule has 1 aliphatic heterocycles. The van der Waals surface area contributed by atoms with E-state index >= 15 is 0 Å². The average Bonchev–Trinajstić information content (AvgIpc) is 2.28. The normalized spacial score (nSPS) is 22.9. The molecule has 0 aromatic rings. The summed E-state index contributed by atoms with van der Waals surface area (Å²) < 4.78 is 0. The van der Waals surface area contributed by atoms with E-state index in [2.05, 4.69) is 23.6 Å². The number of hydrogen-bond acceptors (Lipinski definition) is 3. The number of carboxylic acids is 1. The third-order valence-electron chi connectivity index (χ3n) is 3.31. The molecule has 94 valence electrons. The monoisotopic (exact) mass is 248 g/mol. The summed E-state index contributed by atoms with van der Waals surface area (Å²) in [5.41, 5.74) is 0. The van der Waals surface area contributed by atoms with Crippen LogP contribution in [0.3, 0.4) is 0 Å². The summed E-state index contributed by atoms with van der Waals surface area (Å²) in [6.45, 7) is 8.73. The molecule has 1 heterocycles. The van der Waals surface area contributed by atoms with Gasteiger partial charge in [-0.25, -0.2) is 0 Å². The number of nitrogens with zero attached hydrogens (tertiary/aromatic N) is 2. The van der Waals surface area contributed by atoms with E-state index < -0.39 is 11.3 Å². The van der Waals surface area contributed by atoms with Crippen LogP contribution in [0.1, 0.15) is 20.3 Å². The van der Waals surface area contributed by atoms with E-state index in [4.69, 9.17) is 16.7 Å². The van der Waals surface area contributed by atoms with E-state index in [1.807, 2.05) is 0 Å². The van der Waals surface area contributed by atoms with Crippen LogP contribution in [-0.4, -0.2) is 65.0 Å². The van der Waals surface area contributed by atoms with Crippen LogP contribution in [0.4, 0.5) is 0 Å². The number of carboxylic acid groups (broad SMARTS) is 1. The Morgan fingerprint density at radius 3 is 2.38 bits per heavy atom. The molecule has 1 aliphatic rings. The zero-order valence-electron chi connectivity index (χ0n) is 10.0. The fraction of sp³-hybridized carbons (Fsp3) is 0.909. The lowest BCUT2D eigenvalue weighted by molar-refractivity contribution is -0.137. The zero-order valence-corrected chi connectivity index (χ0v) is 10.8. The van der Waals surface area contributed by atoms with Crippen LogP contribution < -0.4 is 0 Å². The van der Waals surface area contributed by atoms with Crippen molar-refractivity contribution in [3.63, 3.8) is 0 Å². The summed E-state index contributed by atoms with van der Waals surface area (Å²) in [5, 5.41) is 7.94. The molecular weight excluding hydrogens is 228 g/mol. The smallest absolute Gasteiger partial charge is 0.322 e. The number of hydrogen-bond donors (Lipinski definition) is 1. The molecule has 2 atom stereocenters. The van der Waals surface area contributed by atoms with Crippen molar-refractivity contribution in [2.75, 3.05) is 32.7 Å². The van der Waals surface area contributed by atoms with Crippen molar-refractivity contribution in [1.82, 2.24) is 9.80 Å². The summed E-state index contributed by atoms with van der Waals surface area (Å²) in [4.78, 5) is 15.2. The second-order valence-corrected chi connectivity index (χ2v) is 4.93. The van der Waals surface area contributed by atoms with Crippen molar-refractivity contribution >= 4 is 17.6 Å². The third-order valence-corrected chi connectivity index (χ3v) is 3.63. The van der Waals surface area contributed by atoms with Gasteiger partial charge < -0.3 is 5.11 Å². The minimum atomic E-state index is -0.925. The number of rotatable bonds is 5. The molecule has 0 aliphatic carbocycles. The number of halogens is 1. The Hall–Kier alpha value is -0.320. The van der Waals surface area contributed by atoms with Crippen LogP contribution in [0.15, 0.2) is 0 Å². The predicted octanol–water partition coefficient (Wildman–Crippen LogP) is 1.09.